The SMILES string of the molecule is C=CC(C)(C)C12CCCN1c1ccccc1C2=O. The summed E-state index contributed by atoms with van der Waals surface area (Å²) in [6.45, 7) is 9.18. The van der Waals surface area contributed by atoms with E-state index in [0.717, 1.165) is 30.6 Å². The summed E-state index contributed by atoms with van der Waals surface area (Å²) < 4.78 is 0. The van der Waals surface area contributed by atoms with Gasteiger partial charge in [0, 0.05) is 23.2 Å². The van der Waals surface area contributed by atoms with Gasteiger partial charge in [0.1, 0.15) is 5.54 Å². The highest BCUT2D eigenvalue weighted by molar-refractivity contribution is 6.15. The maximum atomic E-state index is 12.9. The molecule has 0 radical (unpaired) electrons. The number of nitrogens with zero attached hydrogens (tertiary/aromatic N) is 1. The number of carbonyl (C=O) groups is 1. The van der Waals surface area contributed by atoms with Gasteiger partial charge in [0.2, 0.25) is 0 Å². The third-order valence-corrected chi connectivity index (χ3v) is 4.77. The molecule has 0 aliphatic carbocycles. The first-order valence-corrected chi connectivity index (χ1v) is 6.60. The van der Waals surface area contributed by atoms with Crippen LogP contribution in [0, 0.1) is 5.41 Å². The van der Waals surface area contributed by atoms with Crippen LogP contribution in [0.3, 0.4) is 0 Å². The zero-order valence-corrected chi connectivity index (χ0v) is 11.1. The second-order valence-corrected chi connectivity index (χ2v) is 5.89. The van der Waals surface area contributed by atoms with Crippen LogP contribution in [0.1, 0.15) is 37.0 Å². The Bertz CT molecular complexity index is 532. The zero-order chi connectivity index (χ0) is 13.0. The zero-order valence-electron chi connectivity index (χ0n) is 11.1. The van der Waals surface area contributed by atoms with Crippen LogP contribution in [0.2, 0.25) is 0 Å². The molecule has 1 aromatic carbocycles. The molecule has 0 spiro atoms. The molecule has 0 amide bonds. The minimum absolute atomic E-state index is 0.209. The van der Waals surface area contributed by atoms with Crippen molar-refractivity contribution >= 4 is 11.5 Å². The second kappa shape index (κ2) is 3.47. The number of hydrogen-bond donors (Lipinski definition) is 0. The van der Waals surface area contributed by atoms with Gasteiger partial charge in [-0.1, -0.05) is 32.1 Å². The van der Waals surface area contributed by atoms with Gasteiger partial charge in [-0.15, -0.1) is 6.58 Å². The quantitative estimate of drug-likeness (QED) is 0.739. The van der Waals surface area contributed by atoms with E-state index in [0.29, 0.717) is 0 Å². The predicted molar refractivity (Wildman–Crippen MR) is 74.1 cm³/mol. The smallest absolute Gasteiger partial charge is 0.191 e. The molecule has 0 bridgehead atoms. The average molecular weight is 241 g/mol. The first-order valence-electron chi connectivity index (χ1n) is 6.60. The van der Waals surface area contributed by atoms with Gasteiger partial charge in [0.05, 0.1) is 0 Å². The normalized spacial score (nSPS) is 26.1. The lowest BCUT2D eigenvalue weighted by molar-refractivity contribution is 0.0814. The molecule has 0 aromatic heterocycles. The Balaban J connectivity index is 2.24. The van der Waals surface area contributed by atoms with E-state index in [1.54, 1.807) is 0 Å². The van der Waals surface area contributed by atoms with Crippen LogP contribution >= 0.6 is 0 Å². The Morgan fingerprint density at radius 3 is 2.83 bits per heavy atom. The Kier molecular flexibility index (Phi) is 2.22. The number of hydrogen-bond acceptors (Lipinski definition) is 2. The molecule has 0 N–H and O–H groups in total. The van der Waals surface area contributed by atoms with E-state index in [-0.39, 0.29) is 11.2 Å². The van der Waals surface area contributed by atoms with Gasteiger partial charge >= 0.3 is 0 Å². The summed E-state index contributed by atoms with van der Waals surface area (Å²) in [7, 11) is 0. The molecular weight excluding hydrogens is 222 g/mol. The third-order valence-electron chi connectivity index (χ3n) is 4.77. The summed E-state index contributed by atoms with van der Waals surface area (Å²) >= 11 is 0. The molecule has 2 heterocycles. The summed E-state index contributed by atoms with van der Waals surface area (Å²) in [5, 5.41) is 0. The molecule has 1 saturated heterocycles. The van der Waals surface area contributed by atoms with Gasteiger partial charge in [0.15, 0.2) is 5.78 Å². The predicted octanol–water partition coefficient (Wildman–Crippen LogP) is 3.43. The molecule has 2 aliphatic rings. The van der Waals surface area contributed by atoms with Crippen LogP contribution in [-0.2, 0) is 0 Å². The summed E-state index contributed by atoms with van der Waals surface area (Å²) in [5.41, 5.74) is 1.37. The van der Waals surface area contributed by atoms with E-state index >= 15 is 0 Å². The maximum Gasteiger partial charge on any atom is 0.191 e. The van der Waals surface area contributed by atoms with Crippen molar-refractivity contribution in [1.29, 1.82) is 0 Å². The number of para-hydroxylation sites is 1. The number of benzene rings is 1. The number of Topliss-reactive ketones (excluding diaryl/α,β-unsaturated/α-hetero) is 1. The summed E-state index contributed by atoms with van der Waals surface area (Å²) in [6.07, 6.45) is 3.95. The highest BCUT2D eigenvalue weighted by atomic mass is 16.1. The van der Waals surface area contributed by atoms with Crippen LogP contribution in [-0.4, -0.2) is 17.9 Å². The number of fused-ring (bicyclic) bond motifs is 3. The van der Waals surface area contributed by atoms with E-state index in [9.17, 15) is 4.79 Å². The van der Waals surface area contributed by atoms with Crippen molar-refractivity contribution in [2.45, 2.75) is 32.2 Å². The van der Waals surface area contributed by atoms with Gasteiger partial charge < -0.3 is 4.90 Å². The van der Waals surface area contributed by atoms with E-state index in [1.807, 2.05) is 24.3 Å². The number of carbonyl (C=O) groups excluding carboxylic acids is 1. The molecule has 1 aromatic rings. The van der Waals surface area contributed by atoms with Gasteiger partial charge in [-0.25, -0.2) is 0 Å². The molecule has 94 valence electrons. The van der Waals surface area contributed by atoms with Gasteiger partial charge in [-0.3, -0.25) is 4.79 Å². The Hall–Kier alpha value is -1.57. The lowest BCUT2D eigenvalue weighted by Gasteiger charge is -2.43. The van der Waals surface area contributed by atoms with Crippen molar-refractivity contribution in [2.24, 2.45) is 5.41 Å². The van der Waals surface area contributed by atoms with Crippen LogP contribution in [0.5, 0.6) is 0 Å². The molecule has 18 heavy (non-hydrogen) atoms. The number of ketones is 1. The third kappa shape index (κ3) is 1.11. The Morgan fingerprint density at radius 1 is 1.39 bits per heavy atom. The monoisotopic (exact) mass is 241 g/mol. The topological polar surface area (TPSA) is 20.3 Å². The molecule has 2 aliphatic heterocycles. The Labute approximate surface area is 108 Å². The lowest BCUT2D eigenvalue weighted by Crippen LogP contribution is -2.55. The lowest BCUT2D eigenvalue weighted by atomic mass is 9.68. The minimum atomic E-state index is -0.404. The molecule has 2 heteroatoms. The van der Waals surface area contributed by atoms with E-state index in [2.05, 4.69) is 31.4 Å². The van der Waals surface area contributed by atoms with Crippen LogP contribution in [0.4, 0.5) is 5.69 Å². The molecule has 0 saturated carbocycles. The van der Waals surface area contributed by atoms with E-state index < -0.39 is 5.54 Å². The van der Waals surface area contributed by atoms with Gasteiger partial charge in [-0.2, -0.15) is 0 Å². The van der Waals surface area contributed by atoms with Crippen molar-refractivity contribution < 1.29 is 4.79 Å². The fourth-order valence-electron chi connectivity index (χ4n) is 3.64. The maximum absolute atomic E-state index is 12.9. The first-order chi connectivity index (χ1) is 8.54. The number of anilines is 1. The summed E-state index contributed by atoms with van der Waals surface area (Å²) in [4.78, 5) is 15.2. The minimum Gasteiger partial charge on any atom is -0.357 e. The molecule has 1 unspecified atom stereocenters. The van der Waals surface area contributed by atoms with Crippen LogP contribution < -0.4 is 4.90 Å². The van der Waals surface area contributed by atoms with Crippen molar-refractivity contribution in [2.75, 3.05) is 11.4 Å². The molecular formula is C16H19NO. The largest absolute Gasteiger partial charge is 0.357 e. The molecule has 1 atom stereocenters. The fourth-order valence-corrected chi connectivity index (χ4v) is 3.64. The van der Waals surface area contributed by atoms with E-state index in [4.69, 9.17) is 0 Å². The van der Waals surface area contributed by atoms with E-state index in [1.165, 1.54) is 0 Å². The van der Waals surface area contributed by atoms with Crippen LogP contribution in [0.25, 0.3) is 0 Å². The first kappa shape index (κ1) is 11.5. The van der Waals surface area contributed by atoms with Crippen molar-refractivity contribution in [3.05, 3.63) is 42.5 Å². The van der Waals surface area contributed by atoms with Gasteiger partial charge in [0.25, 0.3) is 0 Å². The van der Waals surface area contributed by atoms with Crippen molar-refractivity contribution in [1.82, 2.24) is 0 Å². The summed E-state index contributed by atoms with van der Waals surface area (Å²) in [5.74, 6) is 0.278. The van der Waals surface area contributed by atoms with Gasteiger partial charge in [-0.05, 0) is 25.0 Å². The van der Waals surface area contributed by atoms with Crippen molar-refractivity contribution in [3.8, 4) is 0 Å². The fraction of sp³-hybridized carbons (Fsp3) is 0.438. The van der Waals surface area contributed by atoms with Crippen LogP contribution in [0.15, 0.2) is 36.9 Å². The highest BCUT2D eigenvalue weighted by Gasteiger charge is 2.60. The molecule has 2 nitrogen and oxygen atoms in total. The summed E-state index contributed by atoms with van der Waals surface area (Å²) in [6, 6.07) is 7.99. The second-order valence-electron chi connectivity index (χ2n) is 5.89. The number of rotatable bonds is 2. The standard InChI is InChI=1S/C16H19NO/c1-4-15(2,3)16-10-7-11-17(16)13-9-6-5-8-12(13)14(16)18/h4-6,8-9H,1,7,10-11H2,2-3H3. The molecule has 3 rings (SSSR count). The molecule has 1 fully saturated rings. The highest BCUT2D eigenvalue weighted by Crippen LogP contribution is 2.53. The Morgan fingerprint density at radius 2 is 2.11 bits per heavy atom. The van der Waals surface area contributed by atoms with Crippen molar-refractivity contribution in [3.63, 3.8) is 0 Å². The average Bonchev–Trinajstić information content (AvgIpc) is 2.91.